The second kappa shape index (κ2) is 4.94. The first-order valence-corrected chi connectivity index (χ1v) is 6.13. The van der Waals surface area contributed by atoms with Crippen LogP contribution in [0.25, 0.3) is 22.9 Å². The smallest absolute Gasteiger partial charge is 0.184 e. The van der Waals surface area contributed by atoms with Gasteiger partial charge in [0.25, 0.3) is 0 Å². The predicted molar refractivity (Wildman–Crippen MR) is 76.3 cm³/mol. The molecule has 0 aliphatic rings. The number of benzene rings is 1. The van der Waals surface area contributed by atoms with E-state index in [1.165, 1.54) is 10.2 Å². The van der Waals surface area contributed by atoms with Crippen molar-refractivity contribution in [2.75, 3.05) is 0 Å². The number of aryl methyl sites for hydroxylation is 1. The van der Waals surface area contributed by atoms with Gasteiger partial charge in [0.15, 0.2) is 5.65 Å². The Morgan fingerprint density at radius 1 is 1.25 bits per heavy atom. The molecule has 0 spiro atoms. The minimum Gasteiger partial charge on any atom is -0.235 e. The van der Waals surface area contributed by atoms with Gasteiger partial charge >= 0.3 is 0 Å². The van der Waals surface area contributed by atoms with Crippen molar-refractivity contribution in [3.8, 4) is 6.07 Å². The molecule has 2 aromatic heterocycles. The summed E-state index contributed by atoms with van der Waals surface area (Å²) in [5.74, 6) is 0. The zero-order chi connectivity index (χ0) is 13.9. The second-order valence-electron chi connectivity index (χ2n) is 4.40. The Labute approximate surface area is 115 Å². The lowest BCUT2D eigenvalue weighted by Gasteiger charge is -2.00. The highest BCUT2D eigenvalue weighted by Crippen LogP contribution is 2.15. The van der Waals surface area contributed by atoms with Gasteiger partial charge in [0.1, 0.15) is 17.3 Å². The second-order valence-corrected chi connectivity index (χ2v) is 4.40. The Balaban J connectivity index is 2.10. The first kappa shape index (κ1) is 12.1. The number of nitriles is 1. The van der Waals surface area contributed by atoms with Crippen LogP contribution in [0.4, 0.5) is 0 Å². The van der Waals surface area contributed by atoms with E-state index in [4.69, 9.17) is 0 Å². The minimum absolute atomic E-state index is 0.384. The fourth-order valence-electron chi connectivity index (χ4n) is 1.89. The Bertz CT molecular complexity index is 821. The van der Waals surface area contributed by atoms with Crippen molar-refractivity contribution in [2.24, 2.45) is 0 Å². The van der Waals surface area contributed by atoms with Crippen LogP contribution in [-0.2, 0) is 0 Å². The molecule has 2 heterocycles. The lowest BCUT2D eigenvalue weighted by atomic mass is 10.1. The molecule has 0 fully saturated rings. The molecule has 1 aromatic carbocycles. The first-order chi connectivity index (χ1) is 9.78. The zero-order valence-corrected chi connectivity index (χ0v) is 10.9. The molecule has 0 aliphatic heterocycles. The molecule has 5 nitrogen and oxygen atoms in total. The van der Waals surface area contributed by atoms with Gasteiger partial charge in [-0.05, 0) is 30.7 Å². The summed E-state index contributed by atoms with van der Waals surface area (Å²) in [5, 5.41) is 17.3. The molecule has 0 aliphatic carbocycles. The summed E-state index contributed by atoms with van der Waals surface area (Å²) in [6.07, 6.45) is 3.42. The van der Waals surface area contributed by atoms with Crippen molar-refractivity contribution in [3.05, 3.63) is 53.7 Å². The summed E-state index contributed by atoms with van der Waals surface area (Å²) in [5.41, 5.74) is 3.74. The number of aromatic nitrogens is 4. The molecule has 0 radical (unpaired) electrons. The number of rotatable bonds is 2. The van der Waals surface area contributed by atoms with Gasteiger partial charge in [0.05, 0.1) is 0 Å². The van der Waals surface area contributed by atoms with E-state index in [9.17, 15) is 5.26 Å². The average Bonchev–Trinajstić information content (AvgIpc) is 2.91. The molecular weight excluding hydrogens is 250 g/mol. The fourth-order valence-corrected chi connectivity index (χ4v) is 1.89. The van der Waals surface area contributed by atoms with Gasteiger partial charge in [0.2, 0.25) is 0 Å². The van der Waals surface area contributed by atoms with Gasteiger partial charge in [-0.1, -0.05) is 35.0 Å². The Hall–Kier alpha value is -3.00. The molecule has 96 valence electrons. The van der Waals surface area contributed by atoms with E-state index in [0.29, 0.717) is 16.9 Å². The standard InChI is InChI=1S/C15H11N5/c1-11-4-6-12(7-5-11)9-13(10-16)20-15-14(18-19-20)3-2-8-17-15/h2-9H,1H3/b13-9+. The van der Waals surface area contributed by atoms with Crippen LogP contribution in [0.5, 0.6) is 0 Å². The third kappa shape index (κ3) is 2.15. The van der Waals surface area contributed by atoms with Crippen molar-refractivity contribution in [1.29, 1.82) is 5.26 Å². The van der Waals surface area contributed by atoms with E-state index >= 15 is 0 Å². The van der Waals surface area contributed by atoms with Crippen LogP contribution in [0.15, 0.2) is 42.6 Å². The van der Waals surface area contributed by atoms with Crippen LogP contribution >= 0.6 is 0 Å². The minimum atomic E-state index is 0.384. The van der Waals surface area contributed by atoms with Crippen LogP contribution < -0.4 is 0 Å². The third-order valence-corrected chi connectivity index (χ3v) is 2.93. The van der Waals surface area contributed by atoms with Crippen LogP contribution in [0.3, 0.4) is 0 Å². The summed E-state index contributed by atoms with van der Waals surface area (Å²) in [4.78, 5) is 4.21. The molecular formula is C15H11N5. The quantitative estimate of drug-likeness (QED) is 0.665. The highest BCUT2D eigenvalue weighted by atomic mass is 15.4. The molecule has 0 N–H and O–H groups in total. The normalized spacial score (nSPS) is 11.5. The molecule has 0 saturated heterocycles. The van der Waals surface area contributed by atoms with Crippen molar-refractivity contribution < 1.29 is 0 Å². The van der Waals surface area contributed by atoms with Crippen molar-refractivity contribution in [1.82, 2.24) is 20.0 Å². The summed E-state index contributed by atoms with van der Waals surface area (Å²) in [6.45, 7) is 2.02. The Morgan fingerprint density at radius 2 is 2.05 bits per heavy atom. The SMILES string of the molecule is Cc1ccc(/C=C(\C#N)n2nnc3cccnc32)cc1. The van der Waals surface area contributed by atoms with Crippen LogP contribution in [0.2, 0.25) is 0 Å². The molecule has 0 unspecified atom stereocenters. The van der Waals surface area contributed by atoms with Crippen molar-refractivity contribution in [2.45, 2.75) is 6.92 Å². The Kier molecular flexibility index (Phi) is 2.98. The summed E-state index contributed by atoms with van der Waals surface area (Å²) < 4.78 is 1.45. The molecule has 3 aromatic rings. The largest absolute Gasteiger partial charge is 0.235 e. The molecule has 20 heavy (non-hydrogen) atoms. The van der Waals surface area contributed by atoms with Crippen molar-refractivity contribution in [3.63, 3.8) is 0 Å². The monoisotopic (exact) mass is 261 g/mol. The predicted octanol–water partition coefficient (Wildman–Crippen LogP) is 2.66. The first-order valence-electron chi connectivity index (χ1n) is 6.13. The van der Waals surface area contributed by atoms with E-state index < -0.39 is 0 Å². The lowest BCUT2D eigenvalue weighted by molar-refractivity contribution is 0.842. The summed E-state index contributed by atoms with van der Waals surface area (Å²) >= 11 is 0. The number of hydrogen-bond donors (Lipinski definition) is 0. The van der Waals surface area contributed by atoms with Crippen molar-refractivity contribution >= 4 is 22.9 Å². The Morgan fingerprint density at radius 3 is 2.80 bits per heavy atom. The topological polar surface area (TPSA) is 67.4 Å². The number of allylic oxidation sites excluding steroid dienone is 1. The van der Waals surface area contributed by atoms with Gasteiger partial charge < -0.3 is 0 Å². The number of fused-ring (bicyclic) bond motifs is 1. The molecule has 0 amide bonds. The summed E-state index contributed by atoms with van der Waals surface area (Å²) in [7, 11) is 0. The number of hydrogen-bond acceptors (Lipinski definition) is 4. The van der Waals surface area contributed by atoms with Gasteiger partial charge in [-0.15, -0.1) is 5.10 Å². The van der Waals surface area contributed by atoms with Gasteiger partial charge in [-0.25, -0.2) is 4.98 Å². The fraction of sp³-hybridized carbons (Fsp3) is 0.0667. The van der Waals surface area contributed by atoms with Gasteiger partial charge in [-0.2, -0.15) is 9.94 Å². The van der Waals surface area contributed by atoms with Gasteiger partial charge in [-0.3, -0.25) is 0 Å². The zero-order valence-electron chi connectivity index (χ0n) is 10.9. The highest BCUT2D eigenvalue weighted by molar-refractivity contribution is 5.84. The average molecular weight is 261 g/mol. The maximum absolute atomic E-state index is 9.34. The van der Waals surface area contributed by atoms with Crippen LogP contribution in [0, 0.1) is 18.3 Å². The van der Waals surface area contributed by atoms with E-state index in [0.717, 1.165) is 5.56 Å². The maximum Gasteiger partial charge on any atom is 0.184 e. The maximum atomic E-state index is 9.34. The molecule has 5 heteroatoms. The number of nitrogens with zero attached hydrogens (tertiary/aromatic N) is 5. The van der Waals surface area contributed by atoms with Crippen LogP contribution in [0.1, 0.15) is 11.1 Å². The van der Waals surface area contributed by atoms with E-state index in [1.54, 1.807) is 18.3 Å². The molecule has 0 bridgehead atoms. The van der Waals surface area contributed by atoms with E-state index in [2.05, 4.69) is 21.4 Å². The van der Waals surface area contributed by atoms with E-state index in [-0.39, 0.29) is 0 Å². The highest BCUT2D eigenvalue weighted by Gasteiger charge is 2.09. The molecule has 3 rings (SSSR count). The summed E-state index contributed by atoms with van der Waals surface area (Å²) in [6, 6.07) is 13.7. The van der Waals surface area contributed by atoms with Gasteiger partial charge in [0, 0.05) is 6.20 Å². The lowest BCUT2D eigenvalue weighted by Crippen LogP contribution is -1.98. The molecule has 0 saturated carbocycles. The van der Waals surface area contributed by atoms with E-state index in [1.807, 2.05) is 37.3 Å². The number of pyridine rings is 1. The van der Waals surface area contributed by atoms with Crippen LogP contribution in [-0.4, -0.2) is 20.0 Å². The molecule has 0 atom stereocenters. The third-order valence-electron chi connectivity index (χ3n) is 2.93.